The Morgan fingerprint density at radius 1 is 1.03 bits per heavy atom. The number of anilines is 1. The van der Waals surface area contributed by atoms with E-state index in [1.165, 1.54) is 13.3 Å². The minimum atomic E-state index is -0.364. The molecule has 0 unspecified atom stereocenters. The Kier molecular flexibility index (Phi) is 10.1. The highest BCUT2D eigenvalue weighted by Crippen LogP contribution is 2.33. The number of hydrogen-bond donors (Lipinski definition) is 2. The first-order valence-corrected chi connectivity index (χ1v) is 10.9. The molecule has 0 heterocycles. The van der Waals surface area contributed by atoms with Gasteiger partial charge in [0.15, 0.2) is 11.5 Å². The molecular weight excluding hydrogens is 513 g/mol. The van der Waals surface area contributed by atoms with E-state index in [0.29, 0.717) is 36.1 Å². The molecule has 0 saturated carbocycles. The van der Waals surface area contributed by atoms with Gasteiger partial charge in [0.05, 0.1) is 35.8 Å². The molecule has 166 valence electrons. The van der Waals surface area contributed by atoms with E-state index >= 15 is 0 Å². The minimum Gasteiger partial charge on any atom is -0.495 e. The topological polar surface area (TPSA) is 98.2 Å². The molecule has 2 aromatic rings. The van der Waals surface area contributed by atoms with Gasteiger partial charge in [0, 0.05) is 12.8 Å². The van der Waals surface area contributed by atoms with E-state index in [0.717, 1.165) is 9.13 Å². The molecule has 2 N–H and O–H groups in total. The molecule has 8 nitrogen and oxygen atoms in total. The highest BCUT2D eigenvalue weighted by molar-refractivity contribution is 14.1. The number of para-hydroxylation sites is 2. The Morgan fingerprint density at radius 2 is 1.74 bits per heavy atom. The number of carbonyl (C=O) groups excluding carboxylic acids is 2. The van der Waals surface area contributed by atoms with Gasteiger partial charge in [-0.2, -0.15) is 5.10 Å². The SMILES string of the molecule is CCOc1cc(C=NNC(=O)CCC(=O)Nc2ccccc2OC)cc(I)c1OCC. The van der Waals surface area contributed by atoms with Crippen molar-refractivity contribution in [2.45, 2.75) is 26.7 Å². The number of ether oxygens (including phenoxy) is 3. The Balaban J connectivity index is 1.88. The zero-order valence-electron chi connectivity index (χ0n) is 17.7. The van der Waals surface area contributed by atoms with Gasteiger partial charge in [0.1, 0.15) is 5.75 Å². The van der Waals surface area contributed by atoms with Crippen LogP contribution < -0.4 is 25.0 Å². The summed E-state index contributed by atoms with van der Waals surface area (Å²) in [7, 11) is 1.53. The summed E-state index contributed by atoms with van der Waals surface area (Å²) in [5, 5.41) is 6.70. The fourth-order valence-corrected chi connectivity index (χ4v) is 3.41. The second-order valence-corrected chi connectivity index (χ2v) is 7.40. The van der Waals surface area contributed by atoms with Crippen LogP contribution in [0.4, 0.5) is 5.69 Å². The van der Waals surface area contributed by atoms with E-state index in [2.05, 4.69) is 38.4 Å². The van der Waals surface area contributed by atoms with Crippen molar-refractivity contribution in [1.29, 1.82) is 0 Å². The first kappa shape index (κ1) is 24.4. The van der Waals surface area contributed by atoms with Crippen LogP contribution >= 0.6 is 22.6 Å². The van der Waals surface area contributed by atoms with Gasteiger partial charge in [-0.1, -0.05) is 12.1 Å². The number of methoxy groups -OCH3 is 1. The molecule has 31 heavy (non-hydrogen) atoms. The van der Waals surface area contributed by atoms with Crippen molar-refractivity contribution >= 4 is 46.3 Å². The van der Waals surface area contributed by atoms with Crippen molar-refractivity contribution < 1.29 is 23.8 Å². The summed E-state index contributed by atoms with van der Waals surface area (Å²) in [6.45, 7) is 4.84. The first-order chi connectivity index (χ1) is 15.0. The number of nitrogens with zero attached hydrogens (tertiary/aromatic N) is 1. The summed E-state index contributed by atoms with van der Waals surface area (Å²) in [5.74, 6) is 1.22. The molecule has 0 aliphatic heterocycles. The van der Waals surface area contributed by atoms with Gasteiger partial charge in [-0.25, -0.2) is 5.43 Å². The molecule has 0 atom stereocenters. The molecule has 0 bridgehead atoms. The molecule has 0 aliphatic carbocycles. The number of hydrazone groups is 1. The molecule has 0 radical (unpaired) electrons. The van der Waals surface area contributed by atoms with Crippen LogP contribution in [0.15, 0.2) is 41.5 Å². The van der Waals surface area contributed by atoms with Crippen molar-refractivity contribution in [2.24, 2.45) is 5.10 Å². The maximum Gasteiger partial charge on any atom is 0.240 e. The summed E-state index contributed by atoms with van der Waals surface area (Å²) < 4.78 is 17.3. The standard InChI is InChI=1S/C22H26IN3O5/c1-4-30-19-13-15(12-16(23)22(19)31-5-2)14-24-26-21(28)11-10-20(27)25-17-8-6-7-9-18(17)29-3/h6-9,12-14H,4-5,10-11H2,1-3H3,(H,25,27)(H,26,28). The largest absolute Gasteiger partial charge is 0.495 e. The summed E-state index contributed by atoms with van der Waals surface area (Å²) >= 11 is 2.17. The zero-order chi connectivity index (χ0) is 22.6. The molecule has 0 saturated heterocycles. The minimum absolute atomic E-state index is 0.00330. The second-order valence-electron chi connectivity index (χ2n) is 6.24. The molecule has 2 amide bonds. The van der Waals surface area contributed by atoms with Crippen LogP contribution in [0.3, 0.4) is 0 Å². The Morgan fingerprint density at radius 3 is 2.45 bits per heavy atom. The number of halogens is 1. The van der Waals surface area contributed by atoms with Crippen molar-refractivity contribution in [2.75, 3.05) is 25.6 Å². The molecule has 0 aliphatic rings. The van der Waals surface area contributed by atoms with Gasteiger partial charge >= 0.3 is 0 Å². The summed E-state index contributed by atoms with van der Waals surface area (Å²) in [5.41, 5.74) is 3.75. The van der Waals surface area contributed by atoms with E-state index in [1.807, 2.05) is 26.0 Å². The number of benzene rings is 2. The quantitative estimate of drug-likeness (QED) is 0.256. The maximum absolute atomic E-state index is 12.1. The third kappa shape index (κ3) is 7.74. The third-order valence-electron chi connectivity index (χ3n) is 3.98. The average Bonchev–Trinajstić information content (AvgIpc) is 2.75. The number of carbonyl (C=O) groups is 2. The van der Waals surface area contributed by atoms with Crippen LogP contribution in [0.2, 0.25) is 0 Å². The Labute approximate surface area is 195 Å². The van der Waals surface area contributed by atoms with E-state index in [1.54, 1.807) is 24.3 Å². The fraction of sp³-hybridized carbons (Fsp3) is 0.318. The van der Waals surface area contributed by atoms with Crippen LogP contribution in [0.5, 0.6) is 17.2 Å². The molecule has 0 spiro atoms. The van der Waals surface area contributed by atoms with Crippen molar-refractivity contribution in [3.05, 3.63) is 45.5 Å². The third-order valence-corrected chi connectivity index (χ3v) is 4.78. The van der Waals surface area contributed by atoms with Crippen molar-refractivity contribution in [3.8, 4) is 17.2 Å². The highest BCUT2D eigenvalue weighted by atomic mass is 127. The van der Waals surface area contributed by atoms with Crippen molar-refractivity contribution in [1.82, 2.24) is 5.43 Å². The zero-order valence-corrected chi connectivity index (χ0v) is 19.9. The first-order valence-electron chi connectivity index (χ1n) is 9.82. The predicted octanol–water partition coefficient (Wildman–Crippen LogP) is 3.97. The van der Waals surface area contributed by atoms with Crippen molar-refractivity contribution in [3.63, 3.8) is 0 Å². The number of nitrogens with one attached hydrogen (secondary N) is 2. The number of rotatable bonds is 11. The van der Waals surface area contributed by atoms with Gasteiger partial charge in [0.2, 0.25) is 11.8 Å². The normalized spacial score (nSPS) is 10.6. The molecule has 0 fully saturated rings. The van der Waals surface area contributed by atoms with E-state index in [4.69, 9.17) is 14.2 Å². The van der Waals surface area contributed by atoms with Crippen LogP contribution in [0.1, 0.15) is 32.3 Å². The number of amides is 2. The monoisotopic (exact) mass is 539 g/mol. The Bertz CT molecular complexity index is 933. The highest BCUT2D eigenvalue weighted by Gasteiger charge is 2.12. The Hall–Kier alpha value is -2.82. The lowest BCUT2D eigenvalue weighted by atomic mass is 10.2. The molecule has 2 aromatic carbocycles. The van der Waals surface area contributed by atoms with Crippen LogP contribution in [0.25, 0.3) is 0 Å². The average molecular weight is 539 g/mol. The summed E-state index contributed by atoms with van der Waals surface area (Å²) in [6.07, 6.45) is 1.55. The lowest BCUT2D eigenvalue weighted by molar-refractivity contribution is -0.124. The number of hydrogen-bond acceptors (Lipinski definition) is 6. The van der Waals surface area contributed by atoms with Gasteiger partial charge in [-0.3, -0.25) is 9.59 Å². The van der Waals surface area contributed by atoms with Gasteiger partial charge in [-0.05, 0) is 66.3 Å². The van der Waals surface area contributed by atoms with Gasteiger partial charge in [-0.15, -0.1) is 0 Å². The fourth-order valence-electron chi connectivity index (χ4n) is 2.63. The summed E-state index contributed by atoms with van der Waals surface area (Å²) in [6, 6.07) is 10.8. The smallest absolute Gasteiger partial charge is 0.240 e. The van der Waals surface area contributed by atoms with Crippen LogP contribution in [-0.2, 0) is 9.59 Å². The molecule has 0 aromatic heterocycles. The summed E-state index contributed by atoms with van der Waals surface area (Å²) in [4.78, 5) is 24.1. The van der Waals surface area contributed by atoms with E-state index < -0.39 is 0 Å². The van der Waals surface area contributed by atoms with Gasteiger partial charge < -0.3 is 19.5 Å². The second kappa shape index (κ2) is 12.8. The molecule has 9 heteroatoms. The maximum atomic E-state index is 12.1. The molecular formula is C22H26IN3O5. The van der Waals surface area contributed by atoms with Crippen LogP contribution in [-0.4, -0.2) is 38.4 Å². The predicted molar refractivity (Wildman–Crippen MR) is 128 cm³/mol. The molecule has 2 rings (SSSR count). The van der Waals surface area contributed by atoms with E-state index in [9.17, 15) is 9.59 Å². The lowest BCUT2D eigenvalue weighted by Gasteiger charge is -2.13. The lowest BCUT2D eigenvalue weighted by Crippen LogP contribution is -2.20. The van der Waals surface area contributed by atoms with Crippen LogP contribution in [0, 0.1) is 3.57 Å². The van der Waals surface area contributed by atoms with E-state index in [-0.39, 0.29) is 24.7 Å². The van der Waals surface area contributed by atoms with Gasteiger partial charge in [0.25, 0.3) is 0 Å².